The standard InChI is InChI=1S/C14H12Br2FNO/c1-8-4-9(6-10(17)5-8)7-12(19)14-11(15)2-3-13(16)18-14/h2-6,12,19H,7H2,1H3. The summed E-state index contributed by atoms with van der Waals surface area (Å²) in [5.41, 5.74) is 2.12. The molecule has 0 saturated carbocycles. The number of hydrogen-bond donors (Lipinski definition) is 1. The second kappa shape index (κ2) is 6.11. The van der Waals surface area contributed by atoms with E-state index in [9.17, 15) is 9.50 Å². The third kappa shape index (κ3) is 3.84. The number of hydrogen-bond acceptors (Lipinski definition) is 2. The zero-order chi connectivity index (χ0) is 14.0. The topological polar surface area (TPSA) is 33.1 Å². The van der Waals surface area contributed by atoms with Crippen LogP contribution in [-0.4, -0.2) is 10.1 Å². The van der Waals surface area contributed by atoms with Gasteiger partial charge in [0.25, 0.3) is 0 Å². The highest BCUT2D eigenvalue weighted by molar-refractivity contribution is 9.11. The van der Waals surface area contributed by atoms with Crippen molar-refractivity contribution in [2.24, 2.45) is 0 Å². The first-order valence-corrected chi connectivity index (χ1v) is 7.30. The molecule has 0 amide bonds. The Bertz CT molecular complexity index is 584. The Kier molecular flexibility index (Phi) is 4.71. The van der Waals surface area contributed by atoms with Gasteiger partial charge in [0, 0.05) is 10.9 Å². The maximum atomic E-state index is 13.3. The fourth-order valence-electron chi connectivity index (χ4n) is 1.92. The van der Waals surface area contributed by atoms with Gasteiger partial charge in [-0.1, -0.05) is 6.07 Å². The molecule has 0 spiro atoms. The first-order valence-electron chi connectivity index (χ1n) is 5.72. The van der Waals surface area contributed by atoms with Gasteiger partial charge in [0.2, 0.25) is 0 Å². The van der Waals surface area contributed by atoms with E-state index in [0.29, 0.717) is 16.7 Å². The molecular formula is C14H12Br2FNO. The summed E-state index contributed by atoms with van der Waals surface area (Å²) in [6.45, 7) is 1.83. The average Bonchev–Trinajstić information content (AvgIpc) is 2.30. The summed E-state index contributed by atoms with van der Waals surface area (Å²) in [7, 11) is 0. The van der Waals surface area contributed by atoms with Gasteiger partial charge in [-0.15, -0.1) is 0 Å². The van der Waals surface area contributed by atoms with Crippen molar-refractivity contribution in [1.29, 1.82) is 0 Å². The normalized spacial score (nSPS) is 12.5. The summed E-state index contributed by atoms with van der Waals surface area (Å²) >= 11 is 6.63. The number of aromatic nitrogens is 1. The van der Waals surface area contributed by atoms with Crippen LogP contribution in [-0.2, 0) is 6.42 Å². The van der Waals surface area contributed by atoms with Crippen LogP contribution in [0.15, 0.2) is 39.4 Å². The first kappa shape index (κ1) is 14.6. The fraction of sp³-hybridized carbons (Fsp3) is 0.214. The fourth-order valence-corrected chi connectivity index (χ4v) is 2.72. The summed E-state index contributed by atoms with van der Waals surface area (Å²) in [6, 6.07) is 8.35. The van der Waals surface area contributed by atoms with Crippen molar-refractivity contribution in [3.8, 4) is 0 Å². The Morgan fingerprint density at radius 2 is 2.00 bits per heavy atom. The maximum absolute atomic E-state index is 13.3. The van der Waals surface area contributed by atoms with Crippen molar-refractivity contribution in [3.63, 3.8) is 0 Å². The van der Waals surface area contributed by atoms with Crippen LogP contribution >= 0.6 is 31.9 Å². The van der Waals surface area contributed by atoms with Crippen LogP contribution in [0, 0.1) is 12.7 Å². The van der Waals surface area contributed by atoms with Gasteiger partial charge in [-0.05, 0) is 74.2 Å². The predicted octanol–water partition coefficient (Wildman–Crippen LogP) is 4.33. The van der Waals surface area contributed by atoms with Crippen molar-refractivity contribution < 1.29 is 9.50 Å². The third-order valence-corrected chi connectivity index (χ3v) is 3.80. The monoisotopic (exact) mass is 387 g/mol. The summed E-state index contributed by atoms with van der Waals surface area (Å²) in [4.78, 5) is 4.24. The Morgan fingerprint density at radius 1 is 1.26 bits per heavy atom. The summed E-state index contributed by atoms with van der Waals surface area (Å²) in [6.07, 6.45) is -0.464. The van der Waals surface area contributed by atoms with Crippen LogP contribution in [0.4, 0.5) is 4.39 Å². The molecular weight excluding hydrogens is 377 g/mol. The zero-order valence-corrected chi connectivity index (χ0v) is 13.4. The lowest BCUT2D eigenvalue weighted by atomic mass is 10.0. The number of pyridine rings is 1. The maximum Gasteiger partial charge on any atom is 0.123 e. The summed E-state index contributed by atoms with van der Waals surface area (Å²) < 4.78 is 14.7. The highest BCUT2D eigenvalue weighted by Crippen LogP contribution is 2.26. The number of benzene rings is 1. The molecule has 0 saturated heterocycles. The molecule has 100 valence electrons. The molecule has 0 aliphatic heterocycles. The van der Waals surface area contributed by atoms with E-state index in [4.69, 9.17) is 0 Å². The minimum absolute atomic E-state index is 0.288. The van der Waals surface area contributed by atoms with E-state index in [-0.39, 0.29) is 5.82 Å². The van der Waals surface area contributed by atoms with E-state index < -0.39 is 6.10 Å². The van der Waals surface area contributed by atoms with Crippen LogP contribution in [0.1, 0.15) is 22.9 Å². The van der Waals surface area contributed by atoms with Crippen LogP contribution in [0.3, 0.4) is 0 Å². The Labute approximate surface area is 127 Å². The Morgan fingerprint density at radius 3 is 2.68 bits per heavy atom. The van der Waals surface area contributed by atoms with E-state index >= 15 is 0 Å². The van der Waals surface area contributed by atoms with Crippen molar-refractivity contribution in [2.75, 3.05) is 0 Å². The van der Waals surface area contributed by atoms with E-state index in [1.807, 2.05) is 19.1 Å². The lowest BCUT2D eigenvalue weighted by Gasteiger charge is -2.13. The van der Waals surface area contributed by atoms with Crippen molar-refractivity contribution >= 4 is 31.9 Å². The molecule has 1 N–H and O–H groups in total. The average molecular weight is 389 g/mol. The van der Waals surface area contributed by atoms with Crippen molar-refractivity contribution in [2.45, 2.75) is 19.4 Å². The van der Waals surface area contributed by atoms with Gasteiger partial charge >= 0.3 is 0 Å². The Balaban J connectivity index is 2.25. The van der Waals surface area contributed by atoms with Crippen molar-refractivity contribution in [3.05, 3.63) is 62.0 Å². The molecule has 2 nitrogen and oxygen atoms in total. The highest BCUT2D eigenvalue weighted by Gasteiger charge is 2.15. The number of rotatable bonds is 3. The van der Waals surface area contributed by atoms with E-state index in [1.54, 1.807) is 6.07 Å². The van der Waals surface area contributed by atoms with Gasteiger partial charge in [-0.2, -0.15) is 0 Å². The molecule has 1 unspecified atom stereocenters. The summed E-state index contributed by atoms with van der Waals surface area (Å²) in [5.74, 6) is -0.288. The smallest absolute Gasteiger partial charge is 0.123 e. The molecule has 0 aliphatic carbocycles. The second-order valence-corrected chi connectivity index (χ2v) is 6.02. The molecule has 5 heteroatoms. The molecule has 19 heavy (non-hydrogen) atoms. The molecule has 1 aromatic carbocycles. The number of nitrogens with zero attached hydrogens (tertiary/aromatic N) is 1. The quantitative estimate of drug-likeness (QED) is 0.793. The Hall–Kier alpha value is -0.780. The van der Waals surface area contributed by atoms with Crippen LogP contribution < -0.4 is 0 Å². The minimum Gasteiger partial charge on any atom is -0.386 e. The molecule has 1 heterocycles. The van der Waals surface area contributed by atoms with Gasteiger partial charge in [-0.25, -0.2) is 9.37 Å². The number of aliphatic hydroxyl groups is 1. The molecule has 1 atom stereocenters. The van der Waals surface area contributed by atoms with Crippen LogP contribution in [0.5, 0.6) is 0 Å². The van der Waals surface area contributed by atoms with E-state index in [0.717, 1.165) is 15.6 Å². The lowest BCUT2D eigenvalue weighted by Crippen LogP contribution is -2.06. The van der Waals surface area contributed by atoms with E-state index in [1.165, 1.54) is 12.1 Å². The first-order chi connectivity index (χ1) is 8.95. The van der Waals surface area contributed by atoms with Crippen LogP contribution in [0.25, 0.3) is 0 Å². The molecule has 0 bridgehead atoms. The molecule has 0 fully saturated rings. The molecule has 1 aromatic heterocycles. The van der Waals surface area contributed by atoms with Gasteiger partial charge < -0.3 is 5.11 Å². The predicted molar refractivity (Wildman–Crippen MR) is 79.4 cm³/mol. The van der Waals surface area contributed by atoms with Crippen LogP contribution in [0.2, 0.25) is 0 Å². The minimum atomic E-state index is -0.784. The van der Waals surface area contributed by atoms with Gasteiger partial charge in [0.1, 0.15) is 16.5 Å². The molecule has 2 rings (SSSR count). The molecule has 0 radical (unpaired) electrons. The second-order valence-electron chi connectivity index (χ2n) is 4.36. The van der Waals surface area contributed by atoms with E-state index in [2.05, 4.69) is 36.8 Å². The largest absolute Gasteiger partial charge is 0.386 e. The SMILES string of the molecule is Cc1cc(F)cc(CC(O)c2nc(Br)ccc2Br)c1. The number of aryl methyl sites for hydroxylation is 1. The number of halogens is 3. The van der Waals surface area contributed by atoms with Gasteiger partial charge in [0.15, 0.2) is 0 Å². The number of aliphatic hydroxyl groups excluding tert-OH is 1. The van der Waals surface area contributed by atoms with Crippen molar-refractivity contribution in [1.82, 2.24) is 4.98 Å². The highest BCUT2D eigenvalue weighted by atomic mass is 79.9. The molecule has 2 aromatic rings. The van der Waals surface area contributed by atoms with Gasteiger partial charge in [0.05, 0.1) is 5.69 Å². The zero-order valence-electron chi connectivity index (χ0n) is 10.2. The summed E-state index contributed by atoms with van der Waals surface area (Å²) in [5, 5.41) is 10.2. The molecule has 0 aliphatic rings. The lowest BCUT2D eigenvalue weighted by molar-refractivity contribution is 0.172. The third-order valence-electron chi connectivity index (χ3n) is 2.69. The van der Waals surface area contributed by atoms with Gasteiger partial charge in [-0.3, -0.25) is 0 Å².